The normalized spacial score (nSPS) is 24.2. The van der Waals surface area contributed by atoms with E-state index in [9.17, 15) is 9.90 Å². The van der Waals surface area contributed by atoms with Crippen molar-refractivity contribution in [2.24, 2.45) is 11.7 Å². The van der Waals surface area contributed by atoms with E-state index < -0.39 is 5.91 Å². The Morgan fingerprint density at radius 3 is 2.62 bits per heavy atom. The summed E-state index contributed by atoms with van der Waals surface area (Å²) in [4.78, 5) is 20.2. The number of aliphatic hydroxyl groups excluding tert-OH is 1. The second-order valence-electron chi connectivity index (χ2n) is 6.98. The maximum atomic E-state index is 11.6. The number of nitrogens with zero attached hydrogens (tertiary/aromatic N) is 2. The number of carbonyl (C=O) groups is 1. The Hall–Kier alpha value is -1.89. The van der Waals surface area contributed by atoms with Crippen LogP contribution in [0.3, 0.4) is 0 Å². The summed E-state index contributed by atoms with van der Waals surface area (Å²) in [6, 6.07) is 0.260. The summed E-state index contributed by atoms with van der Waals surface area (Å²) >= 11 is 0. The van der Waals surface area contributed by atoms with Crippen LogP contribution in [0.4, 0.5) is 11.8 Å². The zero-order valence-corrected chi connectivity index (χ0v) is 14.0. The summed E-state index contributed by atoms with van der Waals surface area (Å²) in [5, 5.41) is 16.1. The standard InChI is InChI=1S/C17H27N5O2/c18-15(24)14-10-20-17(21-12-4-6-13(23)7-5-12)22-16(14)19-9-8-11-2-1-3-11/h10-13,23H,1-9H2,(H2,18,24)(H2,19,20,21,22). The summed E-state index contributed by atoms with van der Waals surface area (Å²) in [6.07, 6.45) is 9.70. The molecule has 0 atom stereocenters. The molecule has 132 valence electrons. The first kappa shape index (κ1) is 17.0. The number of nitrogens with one attached hydrogen (secondary N) is 2. The van der Waals surface area contributed by atoms with Gasteiger partial charge >= 0.3 is 0 Å². The smallest absolute Gasteiger partial charge is 0.254 e. The van der Waals surface area contributed by atoms with E-state index in [4.69, 9.17) is 5.73 Å². The number of amides is 1. The Bertz CT molecular complexity index is 568. The van der Waals surface area contributed by atoms with Gasteiger partial charge in [0.25, 0.3) is 5.91 Å². The predicted molar refractivity (Wildman–Crippen MR) is 92.9 cm³/mol. The number of nitrogens with two attached hydrogens (primary N) is 1. The van der Waals surface area contributed by atoms with Crippen molar-refractivity contribution in [1.82, 2.24) is 9.97 Å². The molecular weight excluding hydrogens is 306 g/mol. The predicted octanol–water partition coefficient (Wildman–Crippen LogP) is 1.89. The zero-order chi connectivity index (χ0) is 16.9. The van der Waals surface area contributed by atoms with Crippen LogP contribution >= 0.6 is 0 Å². The van der Waals surface area contributed by atoms with E-state index in [1.165, 1.54) is 25.5 Å². The fourth-order valence-corrected chi connectivity index (χ4v) is 3.35. The van der Waals surface area contributed by atoms with Gasteiger partial charge in [0.1, 0.15) is 5.82 Å². The van der Waals surface area contributed by atoms with Crippen molar-refractivity contribution in [3.05, 3.63) is 11.8 Å². The van der Waals surface area contributed by atoms with Crippen molar-refractivity contribution >= 4 is 17.7 Å². The highest BCUT2D eigenvalue weighted by atomic mass is 16.3. The monoisotopic (exact) mass is 333 g/mol. The first-order valence-corrected chi connectivity index (χ1v) is 8.97. The van der Waals surface area contributed by atoms with Crippen LogP contribution in [-0.4, -0.2) is 39.7 Å². The van der Waals surface area contributed by atoms with Gasteiger partial charge in [0.15, 0.2) is 0 Å². The Balaban J connectivity index is 1.61. The lowest BCUT2D eigenvalue weighted by atomic mass is 9.83. The van der Waals surface area contributed by atoms with Crippen molar-refractivity contribution in [3.63, 3.8) is 0 Å². The van der Waals surface area contributed by atoms with Crippen molar-refractivity contribution in [2.45, 2.75) is 63.5 Å². The highest BCUT2D eigenvalue weighted by molar-refractivity contribution is 5.97. The van der Waals surface area contributed by atoms with Gasteiger partial charge in [0.2, 0.25) is 5.95 Å². The molecule has 5 N–H and O–H groups in total. The van der Waals surface area contributed by atoms with Gasteiger partial charge < -0.3 is 21.5 Å². The van der Waals surface area contributed by atoms with Crippen LogP contribution in [0.5, 0.6) is 0 Å². The van der Waals surface area contributed by atoms with Crippen LogP contribution < -0.4 is 16.4 Å². The van der Waals surface area contributed by atoms with Crippen LogP contribution in [0, 0.1) is 5.92 Å². The number of aliphatic hydroxyl groups is 1. The molecule has 2 aliphatic rings. The highest BCUT2D eigenvalue weighted by Gasteiger charge is 2.21. The fourth-order valence-electron chi connectivity index (χ4n) is 3.35. The Morgan fingerprint density at radius 1 is 1.25 bits per heavy atom. The lowest BCUT2D eigenvalue weighted by Gasteiger charge is -2.26. The van der Waals surface area contributed by atoms with Crippen LogP contribution in [0.15, 0.2) is 6.20 Å². The summed E-state index contributed by atoms with van der Waals surface area (Å²) in [6.45, 7) is 0.789. The number of anilines is 2. The molecule has 0 saturated heterocycles. The molecule has 1 amide bonds. The first-order chi connectivity index (χ1) is 11.6. The van der Waals surface area contributed by atoms with Crippen molar-refractivity contribution < 1.29 is 9.90 Å². The van der Waals surface area contributed by atoms with Gasteiger partial charge in [-0.25, -0.2) is 4.98 Å². The third-order valence-corrected chi connectivity index (χ3v) is 5.15. The molecule has 1 aromatic rings. The number of carbonyl (C=O) groups excluding carboxylic acids is 1. The van der Waals surface area contributed by atoms with E-state index in [0.29, 0.717) is 17.3 Å². The zero-order valence-electron chi connectivity index (χ0n) is 14.0. The van der Waals surface area contributed by atoms with E-state index in [1.54, 1.807) is 0 Å². The van der Waals surface area contributed by atoms with Crippen LogP contribution in [0.1, 0.15) is 61.7 Å². The SMILES string of the molecule is NC(=O)c1cnc(NC2CCC(O)CC2)nc1NCCC1CCC1. The van der Waals surface area contributed by atoms with Crippen LogP contribution in [-0.2, 0) is 0 Å². The van der Waals surface area contributed by atoms with Crippen molar-refractivity contribution in [3.8, 4) is 0 Å². The van der Waals surface area contributed by atoms with E-state index in [1.807, 2.05) is 0 Å². The number of rotatable bonds is 7. The van der Waals surface area contributed by atoms with Crippen LogP contribution in [0.2, 0.25) is 0 Å². The number of hydrogen-bond acceptors (Lipinski definition) is 6. The third kappa shape index (κ3) is 4.35. The van der Waals surface area contributed by atoms with Crippen molar-refractivity contribution in [2.75, 3.05) is 17.2 Å². The average molecular weight is 333 g/mol. The number of hydrogen-bond donors (Lipinski definition) is 4. The lowest BCUT2D eigenvalue weighted by Crippen LogP contribution is -2.29. The van der Waals surface area contributed by atoms with Gasteiger partial charge in [-0.2, -0.15) is 4.98 Å². The van der Waals surface area contributed by atoms with E-state index in [0.717, 1.165) is 44.6 Å². The van der Waals surface area contributed by atoms with Gasteiger partial charge in [-0.15, -0.1) is 0 Å². The minimum Gasteiger partial charge on any atom is -0.393 e. The average Bonchev–Trinajstić information content (AvgIpc) is 2.52. The fraction of sp³-hybridized carbons (Fsp3) is 0.706. The summed E-state index contributed by atoms with van der Waals surface area (Å²) in [5.74, 6) is 1.29. The quantitative estimate of drug-likeness (QED) is 0.606. The third-order valence-electron chi connectivity index (χ3n) is 5.15. The van der Waals surface area contributed by atoms with Gasteiger partial charge in [-0.1, -0.05) is 19.3 Å². The molecule has 0 unspecified atom stereocenters. The van der Waals surface area contributed by atoms with Gasteiger partial charge in [0.05, 0.1) is 11.7 Å². The van der Waals surface area contributed by atoms with Gasteiger partial charge in [-0.3, -0.25) is 4.79 Å². The van der Waals surface area contributed by atoms with Crippen molar-refractivity contribution in [1.29, 1.82) is 0 Å². The minimum absolute atomic E-state index is 0.190. The topological polar surface area (TPSA) is 113 Å². The molecule has 2 aliphatic carbocycles. The molecule has 0 spiro atoms. The minimum atomic E-state index is -0.520. The molecule has 0 radical (unpaired) electrons. The molecule has 0 aromatic carbocycles. The summed E-state index contributed by atoms with van der Waals surface area (Å²) < 4.78 is 0. The molecule has 0 aliphatic heterocycles. The van der Waals surface area contributed by atoms with Gasteiger partial charge in [-0.05, 0) is 38.0 Å². The molecule has 2 saturated carbocycles. The Kier molecular flexibility index (Phi) is 5.50. The number of primary amides is 1. The Labute approximate surface area is 142 Å². The largest absolute Gasteiger partial charge is 0.393 e. The number of aromatic nitrogens is 2. The molecule has 0 bridgehead atoms. The molecule has 2 fully saturated rings. The van der Waals surface area contributed by atoms with E-state index >= 15 is 0 Å². The molecular formula is C17H27N5O2. The molecule has 7 heteroatoms. The van der Waals surface area contributed by atoms with E-state index in [2.05, 4.69) is 20.6 Å². The lowest BCUT2D eigenvalue weighted by molar-refractivity contribution is 0.100. The second kappa shape index (κ2) is 7.79. The molecule has 24 heavy (non-hydrogen) atoms. The summed E-state index contributed by atoms with van der Waals surface area (Å²) in [5.41, 5.74) is 5.75. The maximum Gasteiger partial charge on any atom is 0.254 e. The molecule has 1 aromatic heterocycles. The maximum absolute atomic E-state index is 11.6. The van der Waals surface area contributed by atoms with Crippen LogP contribution in [0.25, 0.3) is 0 Å². The van der Waals surface area contributed by atoms with E-state index in [-0.39, 0.29) is 12.1 Å². The molecule has 7 nitrogen and oxygen atoms in total. The highest BCUT2D eigenvalue weighted by Crippen LogP contribution is 2.29. The molecule has 1 heterocycles. The Morgan fingerprint density at radius 2 is 2.00 bits per heavy atom. The van der Waals surface area contributed by atoms with Gasteiger partial charge in [0, 0.05) is 18.8 Å². The second-order valence-corrected chi connectivity index (χ2v) is 6.98. The molecule has 3 rings (SSSR count). The summed E-state index contributed by atoms with van der Waals surface area (Å²) in [7, 11) is 0. The first-order valence-electron chi connectivity index (χ1n) is 8.97.